The van der Waals surface area contributed by atoms with Crippen molar-refractivity contribution in [2.75, 3.05) is 46.1 Å². The minimum absolute atomic E-state index is 0.0332. The lowest BCUT2D eigenvalue weighted by atomic mass is 9.96. The van der Waals surface area contributed by atoms with Gasteiger partial charge in [-0.3, -0.25) is 9.69 Å². The van der Waals surface area contributed by atoms with E-state index in [9.17, 15) is 18.5 Å². The molecule has 0 aromatic heterocycles. The molecule has 5 rings (SSSR count). The molecule has 10 heteroatoms. The topological polar surface area (TPSA) is 103 Å². The number of hydrogen-bond donors (Lipinski definition) is 0. The molecular formula is C25H28N4O5S. The second-order valence-electron chi connectivity index (χ2n) is 9.08. The number of sulfonamides is 1. The van der Waals surface area contributed by atoms with E-state index in [1.54, 1.807) is 12.1 Å². The number of fused-ring (bicyclic) bond motifs is 1. The lowest BCUT2D eigenvalue weighted by molar-refractivity contribution is -0.138. The van der Waals surface area contributed by atoms with Crippen LogP contribution in [0.2, 0.25) is 0 Å². The maximum Gasteiger partial charge on any atom is 0.244 e. The van der Waals surface area contributed by atoms with Gasteiger partial charge < -0.3 is 14.4 Å². The van der Waals surface area contributed by atoms with Crippen molar-refractivity contribution in [2.24, 2.45) is 5.92 Å². The first-order chi connectivity index (χ1) is 17.0. The van der Waals surface area contributed by atoms with Gasteiger partial charge in [-0.05, 0) is 42.7 Å². The smallest absolute Gasteiger partial charge is 0.244 e. The quantitative estimate of drug-likeness (QED) is 0.624. The van der Waals surface area contributed by atoms with Crippen molar-refractivity contribution in [2.45, 2.75) is 24.3 Å². The number of amides is 1. The molecular weight excluding hydrogens is 468 g/mol. The Kier molecular flexibility index (Phi) is 6.65. The van der Waals surface area contributed by atoms with E-state index in [0.717, 1.165) is 36.7 Å². The molecule has 1 amide bonds. The zero-order valence-corrected chi connectivity index (χ0v) is 20.2. The lowest BCUT2D eigenvalue weighted by Gasteiger charge is -2.38. The molecule has 0 N–H and O–H groups in total. The third kappa shape index (κ3) is 4.85. The molecule has 2 aromatic rings. The highest BCUT2D eigenvalue weighted by molar-refractivity contribution is 7.89. The molecule has 2 aromatic carbocycles. The zero-order chi connectivity index (χ0) is 24.4. The van der Waals surface area contributed by atoms with Gasteiger partial charge >= 0.3 is 0 Å². The molecule has 0 bridgehead atoms. The molecule has 0 aliphatic carbocycles. The van der Waals surface area contributed by atoms with Crippen molar-refractivity contribution < 1.29 is 22.7 Å². The molecule has 0 unspecified atom stereocenters. The normalized spacial score (nSPS) is 19.5. The molecule has 0 spiro atoms. The fraction of sp³-hybridized carbons (Fsp3) is 0.440. The zero-order valence-electron chi connectivity index (χ0n) is 19.4. The fourth-order valence-electron chi connectivity index (χ4n) is 4.95. The molecule has 3 aliphatic heterocycles. The SMILES string of the molecule is N#Cc1ccccc1S(=O)(=O)N1CCC(C(=O)N2CCN(Cc3ccc4c(c3)OCO4)CC2)CC1. The minimum Gasteiger partial charge on any atom is -0.454 e. The molecule has 2 saturated heterocycles. The van der Waals surface area contributed by atoms with Crippen LogP contribution in [-0.2, 0) is 21.4 Å². The summed E-state index contributed by atoms with van der Waals surface area (Å²) in [5, 5.41) is 9.28. The standard InChI is InChI=1S/C25H28N4O5S/c26-16-21-3-1-2-4-24(21)35(31,32)29-9-7-20(8-10-29)25(30)28-13-11-27(12-14-28)17-19-5-6-22-23(15-19)34-18-33-22/h1-6,15,20H,7-14,17-18H2. The fourth-order valence-corrected chi connectivity index (χ4v) is 6.56. The van der Waals surface area contributed by atoms with E-state index >= 15 is 0 Å². The van der Waals surface area contributed by atoms with E-state index in [2.05, 4.69) is 4.90 Å². The summed E-state index contributed by atoms with van der Waals surface area (Å²) in [6.07, 6.45) is 0.981. The molecule has 9 nitrogen and oxygen atoms in total. The van der Waals surface area contributed by atoms with Crippen molar-refractivity contribution in [1.29, 1.82) is 5.26 Å². The summed E-state index contributed by atoms with van der Waals surface area (Å²) in [5.74, 6) is 1.49. The second kappa shape index (κ2) is 9.85. The maximum absolute atomic E-state index is 13.1. The Bertz CT molecular complexity index is 1240. The molecule has 3 heterocycles. The lowest BCUT2D eigenvalue weighted by Crippen LogP contribution is -2.51. The predicted octanol–water partition coefficient (Wildman–Crippen LogP) is 2.03. The first-order valence-corrected chi connectivity index (χ1v) is 13.3. The highest BCUT2D eigenvalue weighted by Crippen LogP contribution is 2.33. The van der Waals surface area contributed by atoms with E-state index in [4.69, 9.17) is 9.47 Å². The number of carbonyl (C=O) groups is 1. The number of carbonyl (C=O) groups excluding carboxylic acids is 1. The van der Waals surface area contributed by atoms with Gasteiger partial charge in [-0.15, -0.1) is 0 Å². The van der Waals surface area contributed by atoms with Gasteiger partial charge in [0.2, 0.25) is 22.7 Å². The Morgan fingerprint density at radius 2 is 1.69 bits per heavy atom. The summed E-state index contributed by atoms with van der Waals surface area (Å²) in [6, 6.07) is 14.2. The molecule has 0 atom stereocenters. The number of piperidine rings is 1. The third-order valence-electron chi connectivity index (χ3n) is 6.96. The van der Waals surface area contributed by atoms with E-state index < -0.39 is 10.0 Å². The molecule has 0 radical (unpaired) electrons. The summed E-state index contributed by atoms with van der Waals surface area (Å²) in [4.78, 5) is 17.4. The van der Waals surface area contributed by atoms with Gasteiger partial charge in [0.05, 0.1) is 10.5 Å². The first-order valence-electron chi connectivity index (χ1n) is 11.8. The summed E-state index contributed by atoms with van der Waals surface area (Å²) in [7, 11) is -3.76. The number of piperazine rings is 1. The Balaban J connectivity index is 1.12. The summed E-state index contributed by atoms with van der Waals surface area (Å²) < 4.78 is 38.3. The van der Waals surface area contributed by atoms with Crippen LogP contribution in [0, 0.1) is 17.2 Å². The Morgan fingerprint density at radius 3 is 2.43 bits per heavy atom. The average Bonchev–Trinajstić information content (AvgIpc) is 3.37. The van der Waals surface area contributed by atoms with Crippen molar-refractivity contribution in [3.63, 3.8) is 0 Å². The Morgan fingerprint density at radius 1 is 0.971 bits per heavy atom. The number of hydrogen-bond acceptors (Lipinski definition) is 7. The third-order valence-corrected chi connectivity index (χ3v) is 8.91. The summed E-state index contributed by atoms with van der Waals surface area (Å²) >= 11 is 0. The number of rotatable bonds is 5. The Hall–Kier alpha value is -3.13. The molecule has 3 aliphatic rings. The van der Waals surface area contributed by atoms with Crippen molar-refractivity contribution >= 4 is 15.9 Å². The minimum atomic E-state index is -3.76. The molecule has 0 saturated carbocycles. The van der Waals surface area contributed by atoms with Gasteiger partial charge in [0, 0.05) is 51.7 Å². The van der Waals surface area contributed by atoms with Crippen molar-refractivity contribution in [3.8, 4) is 17.6 Å². The van der Waals surface area contributed by atoms with Gasteiger partial charge in [0.1, 0.15) is 6.07 Å². The first kappa shape index (κ1) is 23.6. The van der Waals surface area contributed by atoms with Crippen LogP contribution in [0.4, 0.5) is 0 Å². The monoisotopic (exact) mass is 496 g/mol. The average molecular weight is 497 g/mol. The predicted molar refractivity (Wildman–Crippen MR) is 127 cm³/mol. The molecule has 184 valence electrons. The van der Waals surface area contributed by atoms with Gasteiger partial charge in [-0.25, -0.2) is 8.42 Å². The van der Waals surface area contributed by atoms with Crippen LogP contribution in [-0.4, -0.2) is 74.5 Å². The van der Waals surface area contributed by atoms with Crippen LogP contribution >= 0.6 is 0 Å². The number of benzene rings is 2. The number of ether oxygens (including phenoxy) is 2. The maximum atomic E-state index is 13.1. The van der Waals surface area contributed by atoms with Crippen LogP contribution in [0.1, 0.15) is 24.0 Å². The highest BCUT2D eigenvalue weighted by atomic mass is 32.2. The number of nitrogens with zero attached hydrogens (tertiary/aromatic N) is 4. The van der Waals surface area contributed by atoms with Crippen molar-refractivity contribution in [3.05, 3.63) is 53.6 Å². The number of nitriles is 1. The molecule has 2 fully saturated rings. The van der Waals surface area contributed by atoms with Crippen molar-refractivity contribution in [1.82, 2.24) is 14.1 Å². The van der Waals surface area contributed by atoms with Crippen LogP contribution in [0.25, 0.3) is 0 Å². The van der Waals surface area contributed by atoms with Crippen LogP contribution < -0.4 is 9.47 Å². The molecule has 35 heavy (non-hydrogen) atoms. The van der Waals surface area contributed by atoms with E-state index in [0.29, 0.717) is 25.9 Å². The van der Waals surface area contributed by atoms with Gasteiger partial charge in [0.25, 0.3) is 0 Å². The summed E-state index contributed by atoms with van der Waals surface area (Å²) in [5.41, 5.74) is 1.30. The van der Waals surface area contributed by atoms with E-state index in [1.807, 2.05) is 29.2 Å². The van der Waals surface area contributed by atoms with Crippen LogP contribution in [0.3, 0.4) is 0 Å². The highest BCUT2D eigenvalue weighted by Gasteiger charge is 2.35. The van der Waals surface area contributed by atoms with Gasteiger partial charge in [0.15, 0.2) is 11.5 Å². The van der Waals surface area contributed by atoms with E-state index in [1.165, 1.54) is 16.4 Å². The van der Waals surface area contributed by atoms with Crippen LogP contribution in [0.5, 0.6) is 11.5 Å². The summed E-state index contributed by atoms with van der Waals surface area (Å²) in [6.45, 7) is 4.52. The largest absolute Gasteiger partial charge is 0.454 e. The second-order valence-corrected chi connectivity index (χ2v) is 11.0. The van der Waals surface area contributed by atoms with E-state index in [-0.39, 0.29) is 42.2 Å². The van der Waals surface area contributed by atoms with Crippen LogP contribution in [0.15, 0.2) is 47.4 Å². The van der Waals surface area contributed by atoms with Gasteiger partial charge in [-0.1, -0.05) is 18.2 Å². The van der Waals surface area contributed by atoms with Gasteiger partial charge in [-0.2, -0.15) is 9.57 Å². The Labute approximate surface area is 205 Å².